The molecule has 1 saturated carbocycles. The highest BCUT2D eigenvalue weighted by atomic mass is 16.5. The van der Waals surface area contributed by atoms with Crippen LogP contribution in [0.5, 0.6) is 0 Å². The molecule has 0 saturated heterocycles. The molecule has 1 amide bonds. The number of rotatable bonds is 4. The Morgan fingerprint density at radius 3 is 3.12 bits per heavy atom. The van der Waals surface area contributed by atoms with Gasteiger partial charge in [-0.2, -0.15) is 0 Å². The molecular weight excluding hydrogens is 220 g/mol. The standard InChI is InChI=1S/C11H16N4O2/c1-17-9-4-2-3-8(9)15-11-7(10(12)16)5-13-6-14-11/h5-6,8-9H,2-4H2,1H3,(H2,12,16)(H,13,14,15)/t8-,9-/m0/s1. The van der Waals surface area contributed by atoms with E-state index in [1.165, 1.54) is 12.5 Å². The fourth-order valence-electron chi connectivity index (χ4n) is 2.17. The van der Waals surface area contributed by atoms with Crippen LogP contribution in [0.15, 0.2) is 12.5 Å². The van der Waals surface area contributed by atoms with E-state index in [4.69, 9.17) is 10.5 Å². The van der Waals surface area contributed by atoms with Crippen LogP contribution in [0.1, 0.15) is 29.6 Å². The molecule has 1 aromatic heterocycles. The number of anilines is 1. The van der Waals surface area contributed by atoms with E-state index in [0.29, 0.717) is 11.4 Å². The van der Waals surface area contributed by atoms with Crippen LogP contribution < -0.4 is 11.1 Å². The predicted octanol–water partition coefficient (Wildman–Crippen LogP) is 0.555. The van der Waals surface area contributed by atoms with Crippen LogP contribution in [0.25, 0.3) is 0 Å². The highest BCUT2D eigenvalue weighted by molar-refractivity contribution is 5.97. The van der Waals surface area contributed by atoms with Crippen LogP contribution in [-0.2, 0) is 4.74 Å². The van der Waals surface area contributed by atoms with Gasteiger partial charge >= 0.3 is 0 Å². The number of aromatic nitrogens is 2. The first kappa shape index (κ1) is 11.8. The quantitative estimate of drug-likeness (QED) is 0.797. The minimum absolute atomic E-state index is 0.158. The molecule has 0 unspecified atom stereocenters. The fraction of sp³-hybridized carbons (Fsp3) is 0.545. The summed E-state index contributed by atoms with van der Waals surface area (Å²) in [6.45, 7) is 0. The molecule has 1 aromatic rings. The number of ether oxygens (including phenoxy) is 1. The highest BCUT2D eigenvalue weighted by Gasteiger charge is 2.28. The third-order valence-corrected chi connectivity index (χ3v) is 3.06. The molecule has 0 aromatic carbocycles. The topological polar surface area (TPSA) is 90.1 Å². The van der Waals surface area contributed by atoms with Crippen molar-refractivity contribution in [2.75, 3.05) is 12.4 Å². The Labute approximate surface area is 99.6 Å². The van der Waals surface area contributed by atoms with Gasteiger partial charge < -0.3 is 15.8 Å². The summed E-state index contributed by atoms with van der Waals surface area (Å²) in [4.78, 5) is 19.1. The number of methoxy groups -OCH3 is 1. The highest BCUT2D eigenvalue weighted by Crippen LogP contribution is 2.25. The van der Waals surface area contributed by atoms with Gasteiger partial charge in [-0.25, -0.2) is 9.97 Å². The van der Waals surface area contributed by atoms with Gasteiger partial charge in [0.1, 0.15) is 12.1 Å². The molecule has 2 rings (SSSR count). The summed E-state index contributed by atoms with van der Waals surface area (Å²) < 4.78 is 5.37. The Hall–Kier alpha value is -1.69. The Kier molecular flexibility index (Phi) is 3.53. The largest absolute Gasteiger partial charge is 0.379 e. The van der Waals surface area contributed by atoms with E-state index < -0.39 is 5.91 Å². The first-order valence-corrected chi connectivity index (χ1v) is 5.61. The molecule has 3 N–H and O–H groups in total. The molecule has 0 radical (unpaired) electrons. The number of hydrogen-bond acceptors (Lipinski definition) is 5. The normalized spacial score (nSPS) is 23.6. The molecule has 2 atom stereocenters. The van der Waals surface area contributed by atoms with Crippen molar-refractivity contribution in [2.24, 2.45) is 5.73 Å². The van der Waals surface area contributed by atoms with Crippen molar-refractivity contribution in [1.82, 2.24) is 9.97 Å². The summed E-state index contributed by atoms with van der Waals surface area (Å²) in [7, 11) is 1.69. The summed E-state index contributed by atoms with van der Waals surface area (Å²) in [5, 5.41) is 3.21. The monoisotopic (exact) mass is 236 g/mol. The van der Waals surface area contributed by atoms with Crippen molar-refractivity contribution in [2.45, 2.75) is 31.4 Å². The molecule has 0 aliphatic heterocycles. The summed E-state index contributed by atoms with van der Waals surface area (Å²) in [6.07, 6.45) is 6.10. The maximum absolute atomic E-state index is 11.2. The van der Waals surface area contributed by atoms with Crippen LogP contribution in [0.3, 0.4) is 0 Å². The van der Waals surface area contributed by atoms with Gasteiger partial charge in [-0.05, 0) is 19.3 Å². The van der Waals surface area contributed by atoms with Crippen molar-refractivity contribution in [3.8, 4) is 0 Å². The first-order valence-electron chi connectivity index (χ1n) is 5.61. The second-order valence-electron chi connectivity index (χ2n) is 4.11. The Bertz CT molecular complexity index is 410. The minimum Gasteiger partial charge on any atom is -0.379 e. The maximum Gasteiger partial charge on any atom is 0.254 e. The lowest BCUT2D eigenvalue weighted by Gasteiger charge is -2.20. The minimum atomic E-state index is -0.528. The van der Waals surface area contributed by atoms with E-state index in [2.05, 4.69) is 15.3 Å². The number of primary amides is 1. The van der Waals surface area contributed by atoms with Gasteiger partial charge in [0.15, 0.2) is 0 Å². The van der Waals surface area contributed by atoms with Crippen molar-refractivity contribution in [3.63, 3.8) is 0 Å². The van der Waals surface area contributed by atoms with Crippen LogP contribution in [0.4, 0.5) is 5.82 Å². The summed E-state index contributed by atoms with van der Waals surface area (Å²) >= 11 is 0. The molecule has 1 aliphatic carbocycles. The maximum atomic E-state index is 11.2. The second kappa shape index (κ2) is 5.09. The molecule has 0 spiro atoms. The average Bonchev–Trinajstić information content (AvgIpc) is 2.77. The molecule has 6 nitrogen and oxygen atoms in total. The van der Waals surface area contributed by atoms with Gasteiger partial charge in [-0.1, -0.05) is 0 Å². The number of nitrogens with zero attached hydrogens (tertiary/aromatic N) is 2. The van der Waals surface area contributed by atoms with E-state index in [1.54, 1.807) is 7.11 Å². The second-order valence-corrected chi connectivity index (χ2v) is 4.11. The summed E-state index contributed by atoms with van der Waals surface area (Å²) in [6, 6.07) is 0.174. The zero-order chi connectivity index (χ0) is 12.3. The van der Waals surface area contributed by atoms with Gasteiger partial charge in [0.2, 0.25) is 0 Å². The number of amides is 1. The number of nitrogens with one attached hydrogen (secondary N) is 1. The lowest BCUT2D eigenvalue weighted by molar-refractivity contribution is 0.0989. The molecule has 1 aliphatic rings. The van der Waals surface area contributed by atoms with E-state index in [9.17, 15) is 4.79 Å². The van der Waals surface area contributed by atoms with Gasteiger partial charge in [0.05, 0.1) is 17.7 Å². The van der Waals surface area contributed by atoms with Crippen LogP contribution in [0, 0.1) is 0 Å². The Morgan fingerprint density at radius 2 is 2.41 bits per heavy atom. The van der Waals surface area contributed by atoms with Crippen molar-refractivity contribution < 1.29 is 9.53 Å². The molecule has 17 heavy (non-hydrogen) atoms. The molecule has 92 valence electrons. The predicted molar refractivity (Wildman–Crippen MR) is 62.6 cm³/mol. The van der Waals surface area contributed by atoms with Crippen molar-refractivity contribution in [3.05, 3.63) is 18.1 Å². The smallest absolute Gasteiger partial charge is 0.254 e. The van der Waals surface area contributed by atoms with Gasteiger partial charge in [0.25, 0.3) is 5.91 Å². The molecule has 1 fully saturated rings. The van der Waals surface area contributed by atoms with Crippen LogP contribution in [-0.4, -0.2) is 35.1 Å². The molecule has 6 heteroatoms. The third kappa shape index (κ3) is 2.52. The molecule has 1 heterocycles. The van der Waals surface area contributed by atoms with Crippen LogP contribution in [0.2, 0.25) is 0 Å². The van der Waals surface area contributed by atoms with Crippen molar-refractivity contribution >= 4 is 11.7 Å². The number of carbonyl (C=O) groups is 1. The zero-order valence-electron chi connectivity index (χ0n) is 9.72. The fourth-order valence-corrected chi connectivity index (χ4v) is 2.17. The molecule has 0 bridgehead atoms. The van der Waals surface area contributed by atoms with Gasteiger partial charge in [-0.3, -0.25) is 4.79 Å². The van der Waals surface area contributed by atoms with E-state index in [-0.39, 0.29) is 12.1 Å². The lowest BCUT2D eigenvalue weighted by atomic mass is 10.2. The number of carbonyl (C=O) groups excluding carboxylic acids is 1. The summed E-state index contributed by atoms with van der Waals surface area (Å²) in [5.41, 5.74) is 5.58. The Morgan fingerprint density at radius 1 is 1.59 bits per heavy atom. The number of hydrogen-bond donors (Lipinski definition) is 2. The van der Waals surface area contributed by atoms with E-state index in [1.807, 2.05) is 0 Å². The van der Waals surface area contributed by atoms with Crippen molar-refractivity contribution in [1.29, 1.82) is 0 Å². The lowest BCUT2D eigenvalue weighted by Crippen LogP contribution is -2.31. The molecular formula is C11H16N4O2. The SMILES string of the molecule is CO[C@H]1CCC[C@@H]1Nc1ncncc1C(N)=O. The van der Waals surface area contributed by atoms with E-state index >= 15 is 0 Å². The van der Waals surface area contributed by atoms with Gasteiger partial charge in [-0.15, -0.1) is 0 Å². The van der Waals surface area contributed by atoms with E-state index in [0.717, 1.165) is 19.3 Å². The zero-order valence-corrected chi connectivity index (χ0v) is 9.72. The first-order chi connectivity index (χ1) is 8.22. The average molecular weight is 236 g/mol. The Balaban J connectivity index is 2.15. The van der Waals surface area contributed by atoms with Gasteiger partial charge in [0, 0.05) is 13.3 Å². The van der Waals surface area contributed by atoms with Crippen LogP contribution >= 0.6 is 0 Å². The number of nitrogens with two attached hydrogens (primary N) is 1. The third-order valence-electron chi connectivity index (χ3n) is 3.06. The summed E-state index contributed by atoms with van der Waals surface area (Å²) in [5.74, 6) is -0.0403.